The standard InChI is InChI=1S/C8H7N3O4/c1-6(12)10(9-13)7-3-2-4-8(5-7)11(14)15/h2-5H,1H3. The average Bonchev–Trinajstić information content (AvgIpc) is 2.18. The van der Waals surface area contributed by atoms with Gasteiger partial charge in [-0.2, -0.15) is 5.01 Å². The van der Waals surface area contributed by atoms with Crippen LogP contribution in [0.15, 0.2) is 29.6 Å². The number of nitroso groups, excluding NO2 is 1. The first-order chi connectivity index (χ1) is 7.06. The predicted octanol–water partition coefficient (Wildman–Crippen LogP) is 1.63. The molecule has 0 spiro atoms. The number of amides is 1. The zero-order valence-corrected chi connectivity index (χ0v) is 7.78. The molecule has 0 saturated carbocycles. The van der Waals surface area contributed by atoms with E-state index in [4.69, 9.17) is 0 Å². The van der Waals surface area contributed by atoms with E-state index in [1.807, 2.05) is 0 Å². The van der Waals surface area contributed by atoms with Crippen molar-refractivity contribution in [1.29, 1.82) is 0 Å². The summed E-state index contributed by atoms with van der Waals surface area (Å²) in [5, 5.41) is 13.4. The van der Waals surface area contributed by atoms with Crippen LogP contribution in [0, 0.1) is 15.0 Å². The fourth-order valence-corrected chi connectivity index (χ4v) is 1.02. The molecule has 0 aromatic heterocycles. The maximum atomic E-state index is 10.9. The van der Waals surface area contributed by atoms with Crippen LogP contribution in [0.2, 0.25) is 0 Å². The minimum atomic E-state index is -0.618. The van der Waals surface area contributed by atoms with Crippen LogP contribution < -0.4 is 5.01 Å². The molecule has 1 rings (SSSR count). The Hall–Kier alpha value is -2.31. The summed E-state index contributed by atoms with van der Waals surface area (Å²) in [5.41, 5.74) is -0.130. The van der Waals surface area contributed by atoms with Gasteiger partial charge in [-0.05, 0) is 6.07 Å². The number of benzene rings is 1. The van der Waals surface area contributed by atoms with Gasteiger partial charge < -0.3 is 0 Å². The Morgan fingerprint density at radius 3 is 2.67 bits per heavy atom. The van der Waals surface area contributed by atoms with Crippen LogP contribution in [0.4, 0.5) is 11.4 Å². The third kappa shape index (κ3) is 2.33. The Bertz CT molecular complexity index is 418. The molecule has 0 radical (unpaired) electrons. The predicted molar refractivity (Wildman–Crippen MR) is 52.1 cm³/mol. The molecule has 0 heterocycles. The second-order valence-corrected chi connectivity index (χ2v) is 2.69. The number of carbonyl (C=O) groups excluding carboxylic acids is 1. The lowest BCUT2D eigenvalue weighted by Gasteiger charge is -2.09. The molecule has 0 fully saturated rings. The SMILES string of the molecule is CC(=O)N(N=O)c1cccc([N+](=O)[O-])c1. The Morgan fingerprint density at radius 2 is 2.20 bits per heavy atom. The number of non-ortho nitro benzene ring substituents is 1. The van der Waals surface area contributed by atoms with E-state index in [1.54, 1.807) is 0 Å². The number of anilines is 1. The number of nitro benzene ring substituents is 1. The molecule has 0 saturated heterocycles. The number of rotatable bonds is 3. The van der Waals surface area contributed by atoms with Gasteiger partial charge in [0.2, 0.25) is 5.91 Å². The highest BCUT2D eigenvalue weighted by Gasteiger charge is 2.14. The minimum absolute atomic E-state index is 0.0756. The minimum Gasteiger partial charge on any atom is -0.273 e. The molecule has 78 valence electrons. The fraction of sp³-hybridized carbons (Fsp3) is 0.125. The van der Waals surface area contributed by atoms with Crippen molar-refractivity contribution >= 4 is 17.3 Å². The first-order valence-corrected chi connectivity index (χ1v) is 3.94. The van der Waals surface area contributed by atoms with Crippen LogP contribution >= 0.6 is 0 Å². The third-order valence-electron chi connectivity index (χ3n) is 1.67. The molecule has 7 heteroatoms. The van der Waals surface area contributed by atoms with Gasteiger partial charge in [-0.25, -0.2) is 0 Å². The van der Waals surface area contributed by atoms with Gasteiger partial charge in [-0.15, -0.1) is 4.91 Å². The Balaban J connectivity index is 3.14. The monoisotopic (exact) mass is 209 g/mol. The Kier molecular flexibility index (Phi) is 3.06. The normalized spacial score (nSPS) is 9.40. The van der Waals surface area contributed by atoms with Crippen LogP contribution in [-0.2, 0) is 4.79 Å². The van der Waals surface area contributed by atoms with Crippen molar-refractivity contribution in [3.63, 3.8) is 0 Å². The molecule has 15 heavy (non-hydrogen) atoms. The molecule has 0 aliphatic heterocycles. The second kappa shape index (κ2) is 4.27. The first-order valence-electron chi connectivity index (χ1n) is 3.94. The van der Waals surface area contributed by atoms with Crippen LogP contribution in [0.5, 0.6) is 0 Å². The van der Waals surface area contributed by atoms with Crippen LogP contribution in [0.3, 0.4) is 0 Å². The van der Waals surface area contributed by atoms with Crippen molar-refractivity contribution in [2.24, 2.45) is 5.29 Å². The molecule has 1 amide bonds. The van der Waals surface area contributed by atoms with Crippen molar-refractivity contribution in [3.05, 3.63) is 39.3 Å². The quantitative estimate of drug-likeness (QED) is 0.429. The lowest BCUT2D eigenvalue weighted by molar-refractivity contribution is -0.384. The van der Waals surface area contributed by atoms with Crippen LogP contribution in [-0.4, -0.2) is 10.8 Å². The highest BCUT2D eigenvalue weighted by Crippen LogP contribution is 2.21. The lowest BCUT2D eigenvalue weighted by Crippen LogP contribution is -2.21. The number of carbonyl (C=O) groups is 1. The van der Waals surface area contributed by atoms with Gasteiger partial charge in [0.25, 0.3) is 5.69 Å². The Labute approximate surface area is 84.4 Å². The summed E-state index contributed by atoms with van der Waals surface area (Å²) < 4.78 is 0. The van der Waals surface area contributed by atoms with Crippen LogP contribution in [0.1, 0.15) is 6.92 Å². The third-order valence-corrected chi connectivity index (χ3v) is 1.67. The number of hydrogen-bond donors (Lipinski definition) is 0. The topological polar surface area (TPSA) is 92.9 Å². The summed E-state index contributed by atoms with van der Waals surface area (Å²) in [4.78, 5) is 31.0. The van der Waals surface area contributed by atoms with E-state index < -0.39 is 10.8 Å². The van der Waals surface area contributed by atoms with Gasteiger partial charge in [0.05, 0.1) is 15.9 Å². The molecule has 0 aliphatic carbocycles. The zero-order chi connectivity index (χ0) is 11.4. The van der Waals surface area contributed by atoms with Crippen molar-refractivity contribution < 1.29 is 9.72 Å². The summed E-state index contributed by atoms with van der Waals surface area (Å²) in [5.74, 6) is -0.606. The molecule has 1 aromatic rings. The van der Waals surface area contributed by atoms with Gasteiger partial charge in [-0.3, -0.25) is 14.9 Å². The van der Waals surface area contributed by atoms with E-state index in [2.05, 4.69) is 5.29 Å². The molecule has 0 bridgehead atoms. The van der Waals surface area contributed by atoms with Crippen molar-refractivity contribution in [2.75, 3.05) is 5.01 Å². The summed E-state index contributed by atoms with van der Waals surface area (Å²) in [6.45, 7) is 1.14. The number of hydrogen-bond acceptors (Lipinski definition) is 5. The van der Waals surface area contributed by atoms with E-state index in [0.717, 1.165) is 13.0 Å². The van der Waals surface area contributed by atoms with E-state index in [-0.39, 0.29) is 11.4 Å². The molecule has 1 aromatic carbocycles. The van der Waals surface area contributed by atoms with Crippen molar-refractivity contribution in [3.8, 4) is 0 Å². The highest BCUT2D eigenvalue weighted by molar-refractivity contribution is 5.90. The van der Waals surface area contributed by atoms with Gasteiger partial charge >= 0.3 is 0 Å². The first kappa shape index (κ1) is 10.8. The summed E-state index contributed by atoms with van der Waals surface area (Å²) in [6.07, 6.45) is 0. The van der Waals surface area contributed by atoms with Crippen LogP contribution in [0.25, 0.3) is 0 Å². The second-order valence-electron chi connectivity index (χ2n) is 2.69. The molecule has 7 nitrogen and oxygen atoms in total. The lowest BCUT2D eigenvalue weighted by atomic mass is 10.3. The molecule has 0 unspecified atom stereocenters. The number of nitrogens with zero attached hydrogens (tertiary/aromatic N) is 3. The van der Waals surface area contributed by atoms with Gasteiger partial charge in [-0.1, -0.05) is 6.07 Å². The van der Waals surface area contributed by atoms with Gasteiger partial charge in [0.15, 0.2) is 0 Å². The highest BCUT2D eigenvalue weighted by atomic mass is 16.6. The summed E-state index contributed by atoms with van der Waals surface area (Å²) >= 11 is 0. The largest absolute Gasteiger partial charge is 0.273 e. The van der Waals surface area contributed by atoms with E-state index in [1.165, 1.54) is 18.2 Å². The van der Waals surface area contributed by atoms with E-state index >= 15 is 0 Å². The van der Waals surface area contributed by atoms with E-state index in [9.17, 15) is 19.8 Å². The fourth-order valence-electron chi connectivity index (χ4n) is 1.02. The molecular formula is C8H7N3O4. The maximum absolute atomic E-state index is 10.9. The van der Waals surface area contributed by atoms with Crippen molar-refractivity contribution in [1.82, 2.24) is 0 Å². The average molecular weight is 209 g/mol. The maximum Gasteiger partial charge on any atom is 0.271 e. The van der Waals surface area contributed by atoms with E-state index in [0.29, 0.717) is 5.01 Å². The zero-order valence-electron chi connectivity index (χ0n) is 7.78. The number of nitro groups is 1. The summed E-state index contributed by atoms with van der Waals surface area (Å²) in [7, 11) is 0. The molecular weight excluding hydrogens is 202 g/mol. The smallest absolute Gasteiger partial charge is 0.271 e. The molecule has 0 aliphatic rings. The molecule has 0 N–H and O–H groups in total. The van der Waals surface area contributed by atoms with Gasteiger partial charge in [0.1, 0.15) is 0 Å². The summed E-state index contributed by atoms with van der Waals surface area (Å²) in [6, 6.07) is 5.11. The van der Waals surface area contributed by atoms with Gasteiger partial charge in [0, 0.05) is 19.1 Å². The van der Waals surface area contributed by atoms with Crippen molar-refractivity contribution in [2.45, 2.75) is 6.92 Å². The molecule has 0 atom stereocenters. The Morgan fingerprint density at radius 1 is 1.53 bits per heavy atom.